The van der Waals surface area contributed by atoms with Gasteiger partial charge in [-0.25, -0.2) is 0 Å². The molecule has 2 nitrogen and oxygen atoms in total. The van der Waals surface area contributed by atoms with Crippen LogP contribution in [0.2, 0.25) is 0 Å². The fourth-order valence-corrected chi connectivity index (χ4v) is 3.70. The highest BCUT2D eigenvalue weighted by Crippen LogP contribution is 2.31. The Morgan fingerprint density at radius 2 is 1.52 bits per heavy atom. The molecule has 0 aliphatic carbocycles. The van der Waals surface area contributed by atoms with E-state index in [0.717, 1.165) is 38.4 Å². The smallest absolute Gasteiger partial charge is 0.0605 e. The molecular weight excluding hydrogens is 375 g/mol. The van der Waals surface area contributed by atoms with Crippen molar-refractivity contribution in [2.24, 2.45) is 0 Å². The first-order valence-electron chi connectivity index (χ1n) is 8.52. The van der Waals surface area contributed by atoms with Crippen LogP contribution in [0.3, 0.4) is 0 Å². The Morgan fingerprint density at radius 3 is 2.04 bits per heavy atom. The maximum atomic E-state index is 5.94. The molecule has 1 aliphatic heterocycles. The second-order valence-electron chi connectivity index (χ2n) is 6.15. The average molecular weight is 402 g/mol. The molecular formula is C20H27Cl3N2. The zero-order chi connectivity index (χ0) is 15.9. The Balaban J connectivity index is 0.00000156. The van der Waals surface area contributed by atoms with E-state index in [-0.39, 0.29) is 24.8 Å². The van der Waals surface area contributed by atoms with Crippen LogP contribution < -0.4 is 5.32 Å². The first-order valence-corrected chi connectivity index (χ1v) is 9.06. The van der Waals surface area contributed by atoms with Gasteiger partial charge in [-0.2, -0.15) is 0 Å². The fourth-order valence-electron chi connectivity index (χ4n) is 3.54. The molecule has 0 aromatic heterocycles. The van der Waals surface area contributed by atoms with Crippen LogP contribution in [-0.4, -0.2) is 36.5 Å². The number of hydrogen-bond acceptors (Lipinski definition) is 2. The van der Waals surface area contributed by atoms with Gasteiger partial charge in [0.15, 0.2) is 0 Å². The topological polar surface area (TPSA) is 15.3 Å². The fraction of sp³-hybridized carbons (Fsp3) is 0.400. The number of alkyl halides is 1. The Labute approximate surface area is 168 Å². The maximum absolute atomic E-state index is 5.94. The number of rotatable bonds is 6. The molecule has 1 atom stereocenters. The lowest BCUT2D eigenvalue weighted by molar-refractivity contribution is 0.118. The Morgan fingerprint density at radius 1 is 0.960 bits per heavy atom. The van der Waals surface area contributed by atoms with Crippen LogP contribution in [0.4, 0.5) is 0 Å². The van der Waals surface area contributed by atoms with Crippen LogP contribution in [0.25, 0.3) is 0 Å². The van der Waals surface area contributed by atoms with E-state index in [1.54, 1.807) is 0 Å². The minimum absolute atomic E-state index is 0. The highest BCUT2D eigenvalue weighted by molar-refractivity contribution is 6.17. The quantitative estimate of drug-likeness (QED) is 0.692. The lowest BCUT2D eigenvalue weighted by atomic mass is 9.93. The lowest BCUT2D eigenvalue weighted by Crippen LogP contribution is -2.52. The molecule has 1 unspecified atom stereocenters. The van der Waals surface area contributed by atoms with Gasteiger partial charge in [-0.1, -0.05) is 60.7 Å². The standard InChI is InChI=1S/C20H25ClN2.2ClH/c21-13-7-12-19-16-22-14-15-23(19)20(17-8-3-1-4-9-17)18-10-5-2-6-11-18;;/h1-6,8-11,19-20,22H,7,12-16H2;2*1H. The average Bonchev–Trinajstić information content (AvgIpc) is 2.63. The van der Waals surface area contributed by atoms with Crippen molar-refractivity contribution in [1.82, 2.24) is 10.2 Å². The van der Waals surface area contributed by atoms with Gasteiger partial charge in [0.05, 0.1) is 6.04 Å². The van der Waals surface area contributed by atoms with Crippen molar-refractivity contribution < 1.29 is 0 Å². The number of halogens is 3. The molecule has 0 amide bonds. The van der Waals surface area contributed by atoms with Gasteiger partial charge in [-0.05, 0) is 24.0 Å². The third-order valence-electron chi connectivity index (χ3n) is 4.63. The van der Waals surface area contributed by atoms with Crippen LogP contribution in [0.15, 0.2) is 60.7 Å². The second kappa shape index (κ2) is 11.8. The first-order chi connectivity index (χ1) is 11.4. The summed E-state index contributed by atoms with van der Waals surface area (Å²) in [6.45, 7) is 3.17. The van der Waals surface area contributed by atoms with Gasteiger partial charge in [0.1, 0.15) is 0 Å². The van der Waals surface area contributed by atoms with Crippen molar-refractivity contribution in [3.8, 4) is 0 Å². The van der Waals surface area contributed by atoms with Crippen molar-refractivity contribution in [2.75, 3.05) is 25.5 Å². The molecule has 138 valence electrons. The molecule has 1 N–H and O–H groups in total. The normalized spacial score (nSPS) is 17.6. The molecule has 0 spiro atoms. The summed E-state index contributed by atoms with van der Waals surface area (Å²) in [5.74, 6) is 0.742. The van der Waals surface area contributed by atoms with E-state index < -0.39 is 0 Å². The van der Waals surface area contributed by atoms with E-state index in [4.69, 9.17) is 11.6 Å². The van der Waals surface area contributed by atoms with E-state index in [2.05, 4.69) is 70.9 Å². The summed E-state index contributed by atoms with van der Waals surface area (Å²) in [6.07, 6.45) is 2.22. The molecule has 3 rings (SSSR count). The van der Waals surface area contributed by atoms with Crippen LogP contribution in [0.1, 0.15) is 30.0 Å². The highest BCUT2D eigenvalue weighted by atomic mass is 35.5. The molecule has 1 saturated heterocycles. The monoisotopic (exact) mass is 400 g/mol. The van der Waals surface area contributed by atoms with Crippen molar-refractivity contribution in [2.45, 2.75) is 24.9 Å². The predicted molar refractivity (Wildman–Crippen MR) is 113 cm³/mol. The zero-order valence-electron chi connectivity index (χ0n) is 14.3. The van der Waals surface area contributed by atoms with Gasteiger partial charge >= 0.3 is 0 Å². The van der Waals surface area contributed by atoms with Crippen molar-refractivity contribution in [3.05, 3.63) is 71.8 Å². The van der Waals surface area contributed by atoms with Crippen LogP contribution >= 0.6 is 36.4 Å². The molecule has 25 heavy (non-hydrogen) atoms. The minimum Gasteiger partial charge on any atom is -0.314 e. The number of nitrogens with one attached hydrogen (secondary N) is 1. The van der Waals surface area contributed by atoms with Crippen LogP contribution in [0, 0.1) is 0 Å². The zero-order valence-corrected chi connectivity index (χ0v) is 16.7. The Kier molecular flexibility index (Phi) is 10.5. The van der Waals surface area contributed by atoms with Crippen LogP contribution in [0.5, 0.6) is 0 Å². The maximum Gasteiger partial charge on any atom is 0.0605 e. The van der Waals surface area contributed by atoms with E-state index in [0.29, 0.717) is 12.1 Å². The van der Waals surface area contributed by atoms with Crippen molar-refractivity contribution in [1.29, 1.82) is 0 Å². The summed E-state index contributed by atoms with van der Waals surface area (Å²) in [7, 11) is 0. The third-order valence-corrected chi connectivity index (χ3v) is 4.90. The summed E-state index contributed by atoms with van der Waals surface area (Å²) >= 11 is 5.94. The van der Waals surface area contributed by atoms with E-state index in [9.17, 15) is 0 Å². The number of nitrogens with zero attached hydrogens (tertiary/aromatic N) is 1. The van der Waals surface area contributed by atoms with Gasteiger partial charge in [-0.3, -0.25) is 4.90 Å². The molecule has 0 saturated carbocycles. The molecule has 1 aliphatic rings. The molecule has 0 bridgehead atoms. The van der Waals surface area contributed by atoms with Gasteiger partial charge < -0.3 is 5.32 Å². The lowest BCUT2D eigenvalue weighted by Gasteiger charge is -2.42. The first kappa shape index (κ1) is 22.3. The Bertz CT molecular complexity index is 541. The highest BCUT2D eigenvalue weighted by Gasteiger charge is 2.30. The van der Waals surface area contributed by atoms with Gasteiger partial charge in [0.25, 0.3) is 0 Å². The molecule has 1 fully saturated rings. The van der Waals surface area contributed by atoms with E-state index in [1.807, 2.05) is 0 Å². The van der Waals surface area contributed by atoms with Gasteiger partial charge in [-0.15, -0.1) is 36.4 Å². The van der Waals surface area contributed by atoms with Crippen molar-refractivity contribution >= 4 is 36.4 Å². The van der Waals surface area contributed by atoms with Gasteiger partial charge in [0, 0.05) is 31.6 Å². The summed E-state index contributed by atoms with van der Waals surface area (Å²) in [4.78, 5) is 2.66. The molecule has 1 heterocycles. The Hall–Kier alpha value is -0.770. The largest absolute Gasteiger partial charge is 0.314 e. The molecule has 2 aromatic carbocycles. The summed E-state index contributed by atoms with van der Waals surface area (Å²) in [6, 6.07) is 22.6. The second-order valence-corrected chi connectivity index (χ2v) is 6.53. The minimum atomic E-state index is 0. The SMILES string of the molecule is Cl.Cl.ClCCCC1CNCCN1C(c1ccccc1)c1ccccc1. The molecule has 2 aromatic rings. The van der Waals surface area contributed by atoms with E-state index >= 15 is 0 Å². The van der Waals surface area contributed by atoms with Crippen molar-refractivity contribution in [3.63, 3.8) is 0 Å². The number of benzene rings is 2. The van der Waals surface area contributed by atoms with Gasteiger partial charge in [0.2, 0.25) is 0 Å². The van der Waals surface area contributed by atoms with Crippen LogP contribution in [-0.2, 0) is 0 Å². The number of piperazine rings is 1. The summed E-state index contributed by atoms with van der Waals surface area (Å²) < 4.78 is 0. The van der Waals surface area contributed by atoms with E-state index in [1.165, 1.54) is 11.1 Å². The number of hydrogen-bond donors (Lipinski definition) is 1. The third kappa shape index (κ3) is 5.87. The summed E-state index contributed by atoms with van der Waals surface area (Å²) in [5.41, 5.74) is 2.74. The molecule has 0 radical (unpaired) electrons. The predicted octanol–water partition coefficient (Wildman–Crippen LogP) is 4.91. The summed E-state index contributed by atoms with van der Waals surface area (Å²) in [5, 5.41) is 3.55. The molecule has 5 heteroatoms.